The van der Waals surface area contributed by atoms with Crippen molar-refractivity contribution in [2.45, 2.75) is 53.6 Å². The number of hydrogen-bond donors (Lipinski definition) is 1. The van der Waals surface area contributed by atoms with Gasteiger partial charge in [-0.25, -0.2) is 0 Å². The Morgan fingerprint density at radius 1 is 1.18 bits per heavy atom. The predicted molar refractivity (Wildman–Crippen MR) is 93.6 cm³/mol. The Labute approximate surface area is 134 Å². The van der Waals surface area contributed by atoms with Gasteiger partial charge < -0.3 is 5.11 Å². The molecule has 1 atom stereocenters. The maximum atomic E-state index is 10.3. The summed E-state index contributed by atoms with van der Waals surface area (Å²) in [4.78, 5) is 10.3. The van der Waals surface area contributed by atoms with Crippen molar-refractivity contribution in [3.05, 3.63) is 58.7 Å². The molecule has 0 radical (unpaired) electrons. The van der Waals surface area contributed by atoms with Crippen molar-refractivity contribution in [2.24, 2.45) is 5.41 Å². The van der Waals surface area contributed by atoms with E-state index in [1.807, 2.05) is 32.1 Å². The van der Waals surface area contributed by atoms with Crippen LogP contribution in [0.3, 0.4) is 0 Å². The second kappa shape index (κ2) is 8.09. The molecular weight excluding hydrogens is 272 g/mol. The molecule has 0 amide bonds. The van der Waals surface area contributed by atoms with Crippen LogP contribution >= 0.6 is 0 Å². The van der Waals surface area contributed by atoms with E-state index >= 15 is 0 Å². The number of carbonyl (C=O) groups is 1. The van der Waals surface area contributed by atoms with E-state index in [9.17, 15) is 9.90 Å². The molecule has 0 aromatic carbocycles. The highest BCUT2D eigenvalue weighted by Gasteiger charge is 2.34. The van der Waals surface area contributed by atoms with Gasteiger partial charge in [0.15, 0.2) is 0 Å². The number of carbonyl (C=O) groups excluding carboxylic acids is 1. The fourth-order valence-electron chi connectivity index (χ4n) is 2.72. The quantitative estimate of drug-likeness (QED) is 0.454. The maximum Gasteiger partial charge on any atom is 0.143 e. The normalized spacial score (nSPS) is 23.6. The highest BCUT2D eigenvalue weighted by molar-refractivity contribution is 5.66. The minimum absolute atomic E-state index is 0.196. The number of aldehydes is 1. The lowest BCUT2D eigenvalue weighted by molar-refractivity contribution is -0.104. The summed E-state index contributed by atoms with van der Waals surface area (Å²) in [6.07, 6.45) is 13.9. The van der Waals surface area contributed by atoms with Crippen molar-refractivity contribution < 1.29 is 9.90 Å². The van der Waals surface area contributed by atoms with Gasteiger partial charge in [-0.05, 0) is 50.8 Å². The third-order valence-electron chi connectivity index (χ3n) is 4.34. The minimum atomic E-state index is -0.281. The van der Waals surface area contributed by atoms with Crippen molar-refractivity contribution in [2.75, 3.05) is 0 Å². The van der Waals surface area contributed by atoms with E-state index in [0.717, 1.165) is 30.3 Å². The van der Waals surface area contributed by atoms with Gasteiger partial charge >= 0.3 is 0 Å². The Kier molecular flexibility index (Phi) is 6.76. The highest BCUT2D eigenvalue weighted by Crippen LogP contribution is 2.41. The molecule has 2 heteroatoms. The van der Waals surface area contributed by atoms with Crippen molar-refractivity contribution in [3.8, 4) is 0 Å². The molecule has 1 rings (SSSR count). The average molecular weight is 300 g/mol. The zero-order valence-corrected chi connectivity index (χ0v) is 14.4. The predicted octanol–water partition coefficient (Wildman–Crippen LogP) is 4.69. The van der Waals surface area contributed by atoms with Crippen LogP contribution in [0.4, 0.5) is 0 Å². The lowest BCUT2D eigenvalue weighted by Gasteiger charge is -2.37. The molecule has 1 unspecified atom stereocenters. The molecule has 0 saturated carbocycles. The second-order valence-electron chi connectivity index (χ2n) is 6.62. The fourth-order valence-corrected chi connectivity index (χ4v) is 2.72. The Morgan fingerprint density at radius 2 is 1.82 bits per heavy atom. The number of hydrogen-bond acceptors (Lipinski definition) is 2. The minimum Gasteiger partial charge on any atom is -0.392 e. The standard InChI is InChI=1S/C20H28O2/c1-15(7-6-8-16(2)13-14-21)9-11-18-17(3)10-12-19(22)20(18,4)5/h6-9,11,13-14,19,22H,10,12H2,1-5H3. The van der Waals surface area contributed by atoms with Gasteiger partial charge in [0.1, 0.15) is 6.29 Å². The van der Waals surface area contributed by atoms with Gasteiger partial charge in [0.05, 0.1) is 6.10 Å². The zero-order valence-electron chi connectivity index (χ0n) is 14.4. The number of aliphatic hydroxyl groups is 1. The molecule has 0 spiro atoms. The van der Waals surface area contributed by atoms with E-state index < -0.39 is 0 Å². The van der Waals surface area contributed by atoms with Crippen LogP contribution in [-0.4, -0.2) is 17.5 Å². The van der Waals surface area contributed by atoms with Crippen LogP contribution in [-0.2, 0) is 4.79 Å². The Bertz CT molecular complexity index is 554. The average Bonchev–Trinajstić information content (AvgIpc) is 2.43. The zero-order chi connectivity index (χ0) is 16.8. The van der Waals surface area contributed by atoms with Crippen molar-refractivity contribution in [1.29, 1.82) is 0 Å². The summed E-state index contributed by atoms with van der Waals surface area (Å²) in [7, 11) is 0. The Balaban J connectivity index is 2.86. The third kappa shape index (κ3) is 4.96. The van der Waals surface area contributed by atoms with Crippen LogP contribution in [0.2, 0.25) is 0 Å². The molecule has 0 fully saturated rings. The van der Waals surface area contributed by atoms with Crippen molar-refractivity contribution in [1.82, 2.24) is 0 Å². The molecule has 0 aromatic heterocycles. The lowest BCUT2D eigenvalue weighted by atomic mass is 9.70. The molecule has 120 valence electrons. The number of allylic oxidation sites excluding steroid dienone is 9. The Hall–Kier alpha value is -1.67. The molecule has 0 heterocycles. The first-order chi connectivity index (χ1) is 10.3. The first-order valence-electron chi connectivity index (χ1n) is 7.82. The van der Waals surface area contributed by atoms with Crippen LogP contribution < -0.4 is 0 Å². The van der Waals surface area contributed by atoms with Gasteiger partial charge in [-0.1, -0.05) is 55.4 Å². The first kappa shape index (κ1) is 18.4. The van der Waals surface area contributed by atoms with Gasteiger partial charge in [-0.2, -0.15) is 0 Å². The lowest BCUT2D eigenvalue weighted by Crippen LogP contribution is -2.34. The van der Waals surface area contributed by atoms with Crippen LogP contribution in [0.15, 0.2) is 58.7 Å². The summed E-state index contributed by atoms with van der Waals surface area (Å²) in [6, 6.07) is 0. The van der Waals surface area contributed by atoms with Crippen LogP contribution in [0, 0.1) is 5.41 Å². The second-order valence-corrected chi connectivity index (χ2v) is 6.62. The monoisotopic (exact) mass is 300 g/mol. The van der Waals surface area contributed by atoms with E-state index in [2.05, 4.69) is 32.9 Å². The summed E-state index contributed by atoms with van der Waals surface area (Å²) in [5.74, 6) is 0. The van der Waals surface area contributed by atoms with E-state index in [1.54, 1.807) is 0 Å². The van der Waals surface area contributed by atoms with Crippen LogP contribution in [0.1, 0.15) is 47.5 Å². The maximum absolute atomic E-state index is 10.3. The highest BCUT2D eigenvalue weighted by atomic mass is 16.3. The van der Waals surface area contributed by atoms with Gasteiger partial charge in [-0.15, -0.1) is 0 Å². The molecule has 0 aromatic rings. The van der Waals surface area contributed by atoms with E-state index in [-0.39, 0.29) is 11.5 Å². The number of rotatable bonds is 5. The van der Waals surface area contributed by atoms with Gasteiger partial charge in [0, 0.05) is 5.41 Å². The van der Waals surface area contributed by atoms with Crippen molar-refractivity contribution in [3.63, 3.8) is 0 Å². The topological polar surface area (TPSA) is 37.3 Å². The van der Waals surface area contributed by atoms with Gasteiger partial charge in [0.25, 0.3) is 0 Å². The summed E-state index contributed by atoms with van der Waals surface area (Å²) >= 11 is 0. The molecule has 1 aliphatic rings. The molecule has 2 nitrogen and oxygen atoms in total. The van der Waals surface area contributed by atoms with E-state index in [0.29, 0.717) is 0 Å². The Morgan fingerprint density at radius 3 is 2.45 bits per heavy atom. The molecule has 22 heavy (non-hydrogen) atoms. The van der Waals surface area contributed by atoms with E-state index in [4.69, 9.17) is 0 Å². The van der Waals surface area contributed by atoms with Crippen LogP contribution in [0.5, 0.6) is 0 Å². The molecule has 0 saturated heterocycles. The summed E-state index contributed by atoms with van der Waals surface area (Å²) in [5.41, 5.74) is 4.46. The summed E-state index contributed by atoms with van der Waals surface area (Å²) < 4.78 is 0. The van der Waals surface area contributed by atoms with Gasteiger partial charge in [-0.3, -0.25) is 4.79 Å². The molecule has 0 aliphatic heterocycles. The summed E-state index contributed by atoms with van der Waals surface area (Å²) in [5, 5.41) is 10.2. The third-order valence-corrected chi connectivity index (χ3v) is 4.34. The molecular formula is C20H28O2. The largest absolute Gasteiger partial charge is 0.392 e. The molecule has 1 aliphatic carbocycles. The van der Waals surface area contributed by atoms with Crippen LogP contribution in [0.25, 0.3) is 0 Å². The molecule has 0 bridgehead atoms. The first-order valence-corrected chi connectivity index (χ1v) is 7.82. The van der Waals surface area contributed by atoms with Crippen molar-refractivity contribution >= 4 is 6.29 Å². The smallest absolute Gasteiger partial charge is 0.143 e. The summed E-state index contributed by atoms with van der Waals surface area (Å²) in [6.45, 7) is 10.3. The SMILES string of the molecule is CC(C=CC=C(C)C=CC1=C(C)CCC(O)C1(C)C)=CC=O. The van der Waals surface area contributed by atoms with E-state index in [1.165, 1.54) is 17.2 Å². The fraction of sp³-hybridized carbons (Fsp3) is 0.450. The van der Waals surface area contributed by atoms with Gasteiger partial charge in [0.2, 0.25) is 0 Å². The number of aliphatic hydroxyl groups excluding tert-OH is 1. The molecule has 1 N–H and O–H groups in total.